The number of aromatic amines is 1. The van der Waals surface area contributed by atoms with E-state index in [4.69, 9.17) is 0 Å². The largest absolute Gasteiger partial charge is 0.354 e. The molecule has 0 fully saturated rings. The summed E-state index contributed by atoms with van der Waals surface area (Å²) in [6.07, 6.45) is 3.98. The van der Waals surface area contributed by atoms with Crippen molar-refractivity contribution in [2.45, 2.75) is 71.9 Å². The van der Waals surface area contributed by atoms with Gasteiger partial charge in [0, 0.05) is 29.6 Å². The van der Waals surface area contributed by atoms with E-state index in [1.165, 1.54) is 4.68 Å². The maximum absolute atomic E-state index is 13.3. The van der Waals surface area contributed by atoms with Crippen LogP contribution in [0.5, 0.6) is 0 Å². The Bertz CT molecular complexity index is 1460. The molecule has 0 aliphatic rings. The summed E-state index contributed by atoms with van der Waals surface area (Å²) in [5.41, 5.74) is 4.33. The highest BCUT2D eigenvalue weighted by molar-refractivity contribution is 5.91. The van der Waals surface area contributed by atoms with Crippen LogP contribution in [0.4, 0.5) is 0 Å². The molecule has 2 amide bonds. The number of H-pyrrole nitrogens is 1. The molecule has 2 aromatic heterocycles. The van der Waals surface area contributed by atoms with Gasteiger partial charge in [0.2, 0.25) is 11.8 Å². The van der Waals surface area contributed by atoms with E-state index >= 15 is 0 Å². The third-order valence-electron chi connectivity index (χ3n) is 6.98. The van der Waals surface area contributed by atoms with Gasteiger partial charge in [-0.25, -0.2) is 9.67 Å². The number of nitrogens with zero attached hydrogens (tertiary/aromatic N) is 3. The van der Waals surface area contributed by atoms with Crippen LogP contribution in [0.2, 0.25) is 0 Å². The van der Waals surface area contributed by atoms with Gasteiger partial charge in [-0.15, -0.1) is 0 Å². The Labute approximate surface area is 234 Å². The Balaban J connectivity index is 1.42. The van der Waals surface area contributed by atoms with Crippen molar-refractivity contribution >= 4 is 28.5 Å². The molecule has 40 heavy (non-hydrogen) atoms. The van der Waals surface area contributed by atoms with Crippen molar-refractivity contribution in [3.63, 3.8) is 0 Å². The molecular formula is C31H38N6O3. The number of amides is 2. The van der Waals surface area contributed by atoms with Gasteiger partial charge in [-0.3, -0.25) is 9.59 Å². The highest BCUT2D eigenvalue weighted by Crippen LogP contribution is 2.30. The fraction of sp³-hybridized carbons (Fsp3) is 0.387. The van der Waals surface area contributed by atoms with Gasteiger partial charge >= 0.3 is 0 Å². The van der Waals surface area contributed by atoms with Gasteiger partial charge in [0.1, 0.15) is 30.0 Å². The second-order valence-corrected chi connectivity index (χ2v) is 10.2. The summed E-state index contributed by atoms with van der Waals surface area (Å²) in [5.74, 6) is 0.892. The third kappa shape index (κ3) is 7.65. The Kier molecular flexibility index (Phi) is 9.83. The van der Waals surface area contributed by atoms with E-state index < -0.39 is 6.04 Å². The van der Waals surface area contributed by atoms with Crippen molar-refractivity contribution < 1.29 is 14.4 Å². The summed E-state index contributed by atoms with van der Waals surface area (Å²) in [7, 11) is 0. The van der Waals surface area contributed by atoms with Gasteiger partial charge in [0.15, 0.2) is 0 Å². The quantitative estimate of drug-likeness (QED) is 0.204. The number of Topliss-reactive ketones (excluding diaryl/α,β-unsaturated/α-hetero) is 1. The topological polar surface area (TPSA) is 122 Å². The fourth-order valence-electron chi connectivity index (χ4n) is 5.00. The summed E-state index contributed by atoms with van der Waals surface area (Å²) < 4.78 is 1.54. The number of benzene rings is 2. The predicted molar refractivity (Wildman–Crippen MR) is 156 cm³/mol. The first-order chi connectivity index (χ1) is 19.3. The van der Waals surface area contributed by atoms with E-state index in [0.717, 1.165) is 47.0 Å². The van der Waals surface area contributed by atoms with E-state index in [9.17, 15) is 14.4 Å². The maximum atomic E-state index is 13.3. The van der Waals surface area contributed by atoms with Gasteiger partial charge in [-0.1, -0.05) is 61.4 Å². The minimum Gasteiger partial charge on any atom is -0.354 e. The van der Waals surface area contributed by atoms with Crippen LogP contribution < -0.4 is 10.6 Å². The van der Waals surface area contributed by atoms with Crippen LogP contribution in [0, 0.1) is 13.8 Å². The first kappa shape index (κ1) is 28.7. The molecule has 2 heterocycles. The van der Waals surface area contributed by atoms with Crippen molar-refractivity contribution in [3.8, 4) is 11.3 Å². The van der Waals surface area contributed by atoms with E-state index in [0.29, 0.717) is 37.5 Å². The second-order valence-electron chi connectivity index (χ2n) is 10.2. The Morgan fingerprint density at radius 3 is 2.45 bits per heavy atom. The molecular weight excluding hydrogens is 504 g/mol. The summed E-state index contributed by atoms with van der Waals surface area (Å²) in [6.45, 7) is 5.58. The lowest BCUT2D eigenvalue weighted by Crippen LogP contribution is -2.48. The number of nitrogens with one attached hydrogen (secondary N) is 3. The number of fused-ring (bicyclic) bond motifs is 1. The Hall–Kier alpha value is -4.27. The van der Waals surface area contributed by atoms with E-state index in [1.807, 2.05) is 30.3 Å². The number of rotatable bonds is 14. The van der Waals surface area contributed by atoms with Crippen LogP contribution in [0.25, 0.3) is 22.2 Å². The molecule has 0 radical (unpaired) electrons. The standard InChI is InChI=1S/C31H38N6O3/c1-21(38)12-6-4-9-17-28(34-29(39)20-37-23(3)33-22(2)36-37)31(40)32-19-18-26-25-15-10-11-16-27(25)35-30(26)24-13-7-5-8-14-24/h5,7-8,10-11,13-16,28,35H,4,6,9,12,17-20H2,1-3H3,(H,32,40)(H,34,39)/t28-/m0/s1. The molecule has 4 rings (SSSR count). The van der Waals surface area contributed by atoms with Crippen molar-refractivity contribution in [3.05, 3.63) is 71.8 Å². The fourth-order valence-corrected chi connectivity index (χ4v) is 5.00. The van der Waals surface area contributed by atoms with E-state index in [2.05, 4.69) is 50.0 Å². The van der Waals surface area contributed by atoms with Crippen molar-refractivity contribution in [2.24, 2.45) is 0 Å². The van der Waals surface area contributed by atoms with Crippen LogP contribution in [0.15, 0.2) is 54.6 Å². The number of ketones is 1. The number of para-hydroxylation sites is 1. The third-order valence-corrected chi connectivity index (χ3v) is 6.98. The monoisotopic (exact) mass is 542 g/mol. The van der Waals surface area contributed by atoms with E-state index in [-0.39, 0.29) is 24.1 Å². The molecule has 4 aromatic rings. The summed E-state index contributed by atoms with van der Waals surface area (Å²) in [6, 6.07) is 17.7. The second kappa shape index (κ2) is 13.7. The minimum atomic E-state index is -0.675. The van der Waals surface area contributed by atoms with Crippen LogP contribution in [0.3, 0.4) is 0 Å². The molecule has 0 saturated heterocycles. The molecule has 9 heteroatoms. The molecule has 0 aliphatic carbocycles. The SMILES string of the molecule is CC(=O)CCCCC[C@H](NC(=O)Cn1nc(C)nc1C)C(=O)NCCc1c(-c2ccccc2)[nH]c2ccccc12. The number of unbranched alkanes of at least 4 members (excludes halogenated alkanes) is 2. The molecule has 0 spiro atoms. The Morgan fingerprint density at radius 2 is 1.73 bits per heavy atom. The number of hydrogen-bond acceptors (Lipinski definition) is 5. The lowest BCUT2D eigenvalue weighted by atomic mass is 10.0. The zero-order chi connectivity index (χ0) is 28.5. The van der Waals surface area contributed by atoms with Gasteiger partial charge in [0.05, 0.1) is 0 Å². The van der Waals surface area contributed by atoms with Crippen molar-refractivity contribution in [2.75, 3.05) is 6.54 Å². The molecule has 210 valence electrons. The summed E-state index contributed by atoms with van der Waals surface area (Å²) in [4.78, 5) is 45.2. The van der Waals surface area contributed by atoms with Crippen molar-refractivity contribution in [1.29, 1.82) is 0 Å². The summed E-state index contributed by atoms with van der Waals surface area (Å²) in [5, 5.41) is 11.3. The number of aryl methyl sites for hydroxylation is 2. The molecule has 0 aliphatic heterocycles. The molecule has 0 bridgehead atoms. The molecule has 2 aromatic carbocycles. The van der Waals surface area contributed by atoms with Gasteiger partial charge in [0.25, 0.3) is 0 Å². The number of aromatic nitrogens is 4. The maximum Gasteiger partial charge on any atom is 0.242 e. The summed E-state index contributed by atoms with van der Waals surface area (Å²) >= 11 is 0. The molecule has 1 atom stereocenters. The zero-order valence-corrected chi connectivity index (χ0v) is 23.5. The minimum absolute atomic E-state index is 0.00341. The molecule has 0 unspecified atom stereocenters. The van der Waals surface area contributed by atoms with Crippen LogP contribution >= 0.6 is 0 Å². The smallest absolute Gasteiger partial charge is 0.242 e. The van der Waals surface area contributed by atoms with Gasteiger partial charge in [-0.05, 0) is 57.2 Å². The normalized spacial score (nSPS) is 11.9. The average Bonchev–Trinajstić information content (AvgIpc) is 3.46. The van der Waals surface area contributed by atoms with Crippen molar-refractivity contribution in [1.82, 2.24) is 30.4 Å². The first-order valence-corrected chi connectivity index (χ1v) is 13.9. The number of carbonyl (C=O) groups excluding carboxylic acids is 3. The Morgan fingerprint density at radius 1 is 0.975 bits per heavy atom. The number of carbonyl (C=O) groups is 3. The van der Waals surface area contributed by atoms with E-state index in [1.54, 1.807) is 20.8 Å². The van der Waals surface area contributed by atoms with Gasteiger partial charge in [-0.2, -0.15) is 5.10 Å². The lowest BCUT2D eigenvalue weighted by Gasteiger charge is -2.19. The lowest BCUT2D eigenvalue weighted by molar-refractivity contribution is -0.129. The van der Waals surface area contributed by atoms with Gasteiger partial charge < -0.3 is 20.4 Å². The van der Waals surface area contributed by atoms with Crippen LogP contribution in [0.1, 0.15) is 56.2 Å². The average molecular weight is 543 g/mol. The van der Waals surface area contributed by atoms with Crippen LogP contribution in [-0.2, 0) is 27.3 Å². The molecule has 0 saturated carbocycles. The zero-order valence-electron chi connectivity index (χ0n) is 23.5. The molecule has 3 N–H and O–H groups in total. The highest BCUT2D eigenvalue weighted by Gasteiger charge is 2.22. The number of hydrogen-bond donors (Lipinski definition) is 3. The highest BCUT2D eigenvalue weighted by atomic mass is 16.2. The first-order valence-electron chi connectivity index (χ1n) is 13.9. The predicted octanol–water partition coefficient (Wildman–Crippen LogP) is 4.43. The van der Waals surface area contributed by atoms with Crippen LogP contribution in [-0.4, -0.2) is 49.9 Å². The molecule has 9 nitrogen and oxygen atoms in total.